The first-order valence-corrected chi connectivity index (χ1v) is 10.6. The summed E-state index contributed by atoms with van der Waals surface area (Å²) in [4.78, 5) is 18.0. The van der Waals surface area contributed by atoms with Crippen LogP contribution in [0, 0.1) is 13.8 Å². The van der Waals surface area contributed by atoms with Gasteiger partial charge in [-0.05, 0) is 37.6 Å². The highest BCUT2D eigenvalue weighted by Crippen LogP contribution is 2.37. The Morgan fingerprint density at radius 2 is 1.81 bits per heavy atom. The normalized spacial score (nSPS) is 11.0. The Morgan fingerprint density at radius 3 is 2.45 bits per heavy atom. The molecule has 1 amide bonds. The number of fused-ring (bicyclic) bond motifs is 1. The van der Waals surface area contributed by atoms with E-state index >= 15 is 0 Å². The second kappa shape index (κ2) is 10.2. The topological polar surface area (TPSA) is 82.0 Å². The van der Waals surface area contributed by atoms with E-state index in [-0.39, 0.29) is 11.7 Å². The van der Waals surface area contributed by atoms with E-state index in [4.69, 9.17) is 14.2 Å². The number of nitrogens with one attached hydrogen (secondary N) is 1. The zero-order valence-corrected chi connectivity index (χ0v) is 19.0. The molecule has 0 bridgehead atoms. The average molecular weight is 440 g/mol. The third-order valence-corrected chi connectivity index (χ3v) is 5.64. The summed E-state index contributed by atoms with van der Waals surface area (Å²) in [6, 6.07) is 11.6. The molecule has 8 heteroatoms. The minimum Gasteiger partial charge on any atom is -0.493 e. The summed E-state index contributed by atoms with van der Waals surface area (Å²) in [6.07, 6.45) is 1.53. The summed E-state index contributed by atoms with van der Waals surface area (Å²) in [5.74, 6) is 1.56. The van der Waals surface area contributed by atoms with Crippen molar-refractivity contribution in [1.82, 2.24) is 10.4 Å². The zero-order chi connectivity index (χ0) is 22.4. The lowest BCUT2D eigenvalue weighted by molar-refractivity contribution is -0.118. The number of aromatic nitrogens is 1. The van der Waals surface area contributed by atoms with Crippen molar-refractivity contribution < 1.29 is 19.0 Å². The van der Waals surface area contributed by atoms with Crippen molar-refractivity contribution in [2.24, 2.45) is 5.10 Å². The molecular formula is C23H25N3O4S. The summed E-state index contributed by atoms with van der Waals surface area (Å²) < 4.78 is 16.0. The molecule has 0 spiro atoms. The number of pyridine rings is 1. The number of carbonyl (C=O) groups is 1. The van der Waals surface area contributed by atoms with Crippen LogP contribution in [0.25, 0.3) is 10.9 Å². The van der Waals surface area contributed by atoms with Crippen molar-refractivity contribution in [1.29, 1.82) is 0 Å². The number of para-hydroxylation sites is 1. The molecule has 0 saturated carbocycles. The molecule has 3 rings (SSSR count). The van der Waals surface area contributed by atoms with E-state index in [9.17, 15) is 4.79 Å². The third kappa shape index (κ3) is 5.27. The van der Waals surface area contributed by atoms with Crippen LogP contribution >= 0.6 is 11.8 Å². The Labute approximate surface area is 185 Å². The number of hydrogen-bond donors (Lipinski definition) is 1. The summed E-state index contributed by atoms with van der Waals surface area (Å²) in [5.41, 5.74) is 6.26. The Kier molecular flexibility index (Phi) is 7.36. The van der Waals surface area contributed by atoms with Gasteiger partial charge in [-0.25, -0.2) is 5.43 Å². The Bertz CT molecular complexity index is 1110. The van der Waals surface area contributed by atoms with E-state index < -0.39 is 0 Å². The Hall–Kier alpha value is -3.26. The van der Waals surface area contributed by atoms with Crippen LogP contribution in [0.15, 0.2) is 46.4 Å². The minimum atomic E-state index is -0.205. The maximum Gasteiger partial charge on any atom is 0.250 e. The molecule has 162 valence electrons. The lowest BCUT2D eigenvalue weighted by Gasteiger charge is -2.12. The maximum atomic E-state index is 12.3. The molecule has 1 N–H and O–H groups in total. The van der Waals surface area contributed by atoms with E-state index in [1.807, 2.05) is 38.1 Å². The van der Waals surface area contributed by atoms with Gasteiger partial charge in [0.25, 0.3) is 0 Å². The number of amides is 1. The van der Waals surface area contributed by atoms with Gasteiger partial charge in [-0.15, -0.1) is 11.8 Å². The lowest BCUT2D eigenvalue weighted by Crippen LogP contribution is -2.19. The molecule has 1 aromatic heterocycles. The molecule has 31 heavy (non-hydrogen) atoms. The van der Waals surface area contributed by atoms with Gasteiger partial charge < -0.3 is 14.2 Å². The van der Waals surface area contributed by atoms with Crippen LogP contribution in [0.4, 0.5) is 0 Å². The number of methoxy groups -OCH3 is 3. The quantitative estimate of drug-likeness (QED) is 0.323. The molecule has 0 saturated heterocycles. The van der Waals surface area contributed by atoms with Crippen molar-refractivity contribution in [3.05, 3.63) is 53.2 Å². The fraction of sp³-hybridized carbons (Fsp3) is 0.261. The fourth-order valence-electron chi connectivity index (χ4n) is 3.13. The van der Waals surface area contributed by atoms with E-state index in [0.29, 0.717) is 22.8 Å². The van der Waals surface area contributed by atoms with Crippen molar-refractivity contribution in [3.8, 4) is 17.2 Å². The smallest absolute Gasteiger partial charge is 0.250 e. The highest BCUT2D eigenvalue weighted by atomic mass is 32.2. The SMILES string of the molecule is COc1cc(C=NNC(=O)CSc2cc(C)nc3c(C)cccc23)cc(OC)c1OC. The van der Waals surface area contributed by atoms with Gasteiger partial charge in [0.1, 0.15) is 0 Å². The predicted octanol–water partition coefficient (Wildman–Crippen LogP) is 4.12. The van der Waals surface area contributed by atoms with Gasteiger partial charge >= 0.3 is 0 Å². The number of thioether (sulfide) groups is 1. The number of benzene rings is 2. The van der Waals surface area contributed by atoms with Crippen LogP contribution in [0.2, 0.25) is 0 Å². The summed E-state index contributed by atoms with van der Waals surface area (Å²) in [5, 5.41) is 5.10. The number of aryl methyl sites for hydroxylation is 2. The summed E-state index contributed by atoms with van der Waals surface area (Å²) >= 11 is 1.46. The third-order valence-electron chi connectivity index (χ3n) is 4.58. The van der Waals surface area contributed by atoms with E-state index in [2.05, 4.69) is 15.5 Å². The van der Waals surface area contributed by atoms with Crippen LogP contribution in [0.1, 0.15) is 16.8 Å². The average Bonchev–Trinajstić information content (AvgIpc) is 2.77. The highest BCUT2D eigenvalue weighted by Gasteiger charge is 2.13. The molecular weight excluding hydrogens is 414 g/mol. The lowest BCUT2D eigenvalue weighted by atomic mass is 10.1. The van der Waals surface area contributed by atoms with Gasteiger partial charge in [-0.2, -0.15) is 5.10 Å². The standard InChI is InChI=1S/C23H25N3O4S/c1-14-7-6-8-17-20(9-15(2)25-22(14)17)31-13-21(27)26-24-12-16-10-18(28-3)23(30-5)19(11-16)29-4/h6-12H,13H2,1-5H3,(H,26,27). The summed E-state index contributed by atoms with van der Waals surface area (Å²) in [7, 11) is 4.63. The molecule has 7 nitrogen and oxygen atoms in total. The first-order valence-electron chi connectivity index (χ1n) is 9.58. The van der Waals surface area contributed by atoms with Gasteiger partial charge in [-0.3, -0.25) is 9.78 Å². The monoisotopic (exact) mass is 439 g/mol. The number of nitrogens with zero attached hydrogens (tertiary/aromatic N) is 2. The molecule has 0 aliphatic carbocycles. The first-order chi connectivity index (χ1) is 15.0. The van der Waals surface area contributed by atoms with Crippen LogP contribution in [0.3, 0.4) is 0 Å². The van der Waals surface area contributed by atoms with Crippen LogP contribution in [-0.4, -0.2) is 44.2 Å². The van der Waals surface area contributed by atoms with E-state index in [1.165, 1.54) is 18.0 Å². The number of hydrogen-bond acceptors (Lipinski definition) is 7. The van der Waals surface area contributed by atoms with E-state index in [1.54, 1.807) is 33.5 Å². The zero-order valence-electron chi connectivity index (χ0n) is 18.2. The molecule has 2 aromatic carbocycles. The van der Waals surface area contributed by atoms with Crippen molar-refractivity contribution in [2.45, 2.75) is 18.7 Å². The molecule has 0 fully saturated rings. The molecule has 0 unspecified atom stereocenters. The van der Waals surface area contributed by atoms with Crippen LogP contribution in [0.5, 0.6) is 17.2 Å². The van der Waals surface area contributed by atoms with E-state index in [0.717, 1.165) is 27.1 Å². The number of carbonyl (C=O) groups excluding carboxylic acids is 1. The minimum absolute atomic E-state index is 0.205. The van der Waals surface area contributed by atoms with Crippen LogP contribution < -0.4 is 19.6 Å². The number of hydrazone groups is 1. The molecule has 3 aromatic rings. The molecule has 1 heterocycles. The second-order valence-corrected chi connectivity index (χ2v) is 7.79. The number of ether oxygens (including phenoxy) is 3. The number of rotatable bonds is 8. The molecule has 0 radical (unpaired) electrons. The maximum absolute atomic E-state index is 12.3. The van der Waals surface area contributed by atoms with Gasteiger partial charge in [0, 0.05) is 21.5 Å². The van der Waals surface area contributed by atoms with Gasteiger partial charge in [0.05, 0.1) is 38.8 Å². The predicted molar refractivity (Wildman–Crippen MR) is 124 cm³/mol. The Balaban J connectivity index is 1.67. The second-order valence-electron chi connectivity index (χ2n) is 6.77. The van der Waals surface area contributed by atoms with Gasteiger partial charge in [0.2, 0.25) is 11.7 Å². The highest BCUT2D eigenvalue weighted by molar-refractivity contribution is 8.00. The first kappa shape index (κ1) is 22.4. The molecule has 0 aliphatic rings. The van der Waals surface area contributed by atoms with Crippen molar-refractivity contribution in [2.75, 3.05) is 27.1 Å². The van der Waals surface area contributed by atoms with Crippen molar-refractivity contribution >= 4 is 34.8 Å². The van der Waals surface area contributed by atoms with Gasteiger partial charge in [0.15, 0.2) is 11.5 Å². The fourth-order valence-corrected chi connectivity index (χ4v) is 4.06. The Morgan fingerprint density at radius 1 is 1.10 bits per heavy atom. The van der Waals surface area contributed by atoms with Crippen LogP contribution in [-0.2, 0) is 4.79 Å². The largest absolute Gasteiger partial charge is 0.493 e. The summed E-state index contributed by atoms with van der Waals surface area (Å²) in [6.45, 7) is 3.99. The van der Waals surface area contributed by atoms with Crippen molar-refractivity contribution in [3.63, 3.8) is 0 Å². The molecule has 0 atom stereocenters. The molecule has 0 aliphatic heterocycles. The van der Waals surface area contributed by atoms with Gasteiger partial charge in [-0.1, -0.05) is 18.2 Å².